The lowest BCUT2D eigenvalue weighted by molar-refractivity contribution is -0.117. The Labute approximate surface area is 90.7 Å². The quantitative estimate of drug-likeness (QED) is 0.790. The van der Waals surface area contributed by atoms with Crippen molar-refractivity contribution >= 4 is 11.6 Å². The van der Waals surface area contributed by atoms with Gasteiger partial charge in [-0.05, 0) is 31.0 Å². The molecule has 82 valence electrons. The molecule has 0 aliphatic carbocycles. The van der Waals surface area contributed by atoms with E-state index in [1.807, 2.05) is 24.3 Å². The summed E-state index contributed by atoms with van der Waals surface area (Å²) in [4.78, 5) is 11.3. The van der Waals surface area contributed by atoms with Gasteiger partial charge in [-0.15, -0.1) is 0 Å². The van der Waals surface area contributed by atoms with E-state index in [9.17, 15) is 4.79 Å². The van der Waals surface area contributed by atoms with Gasteiger partial charge >= 0.3 is 0 Å². The molecule has 0 saturated carbocycles. The summed E-state index contributed by atoms with van der Waals surface area (Å²) in [5.74, 6) is -0.154. The second-order valence-corrected chi connectivity index (χ2v) is 3.72. The highest BCUT2D eigenvalue weighted by atomic mass is 16.2. The zero-order chi connectivity index (χ0) is 11.3. The predicted octanol–water partition coefficient (Wildman–Crippen LogP) is 1.92. The predicted molar refractivity (Wildman–Crippen MR) is 62.7 cm³/mol. The number of rotatable bonds is 4. The Morgan fingerprint density at radius 1 is 1.40 bits per heavy atom. The Kier molecular flexibility index (Phi) is 4.31. The lowest BCUT2D eigenvalue weighted by Crippen LogP contribution is -2.32. The highest BCUT2D eigenvalue weighted by Crippen LogP contribution is 2.11. The van der Waals surface area contributed by atoms with Gasteiger partial charge in [0.15, 0.2) is 0 Å². The molecule has 0 heterocycles. The third-order valence-electron chi connectivity index (χ3n) is 2.17. The van der Waals surface area contributed by atoms with Crippen LogP contribution in [0.2, 0.25) is 0 Å². The smallest absolute Gasteiger partial charge is 0.240 e. The van der Waals surface area contributed by atoms with Crippen molar-refractivity contribution in [1.82, 2.24) is 0 Å². The van der Waals surface area contributed by atoms with Gasteiger partial charge in [0, 0.05) is 5.69 Å². The third-order valence-corrected chi connectivity index (χ3v) is 2.17. The minimum atomic E-state index is -0.472. The van der Waals surface area contributed by atoms with Gasteiger partial charge < -0.3 is 11.1 Å². The van der Waals surface area contributed by atoms with Crippen molar-refractivity contribution in [3.63, 3.8) is 0 Å². The molecule has 0 spiro atoms. The summed E-state index contributed by atoms with van der Waals surface area (Å²) < 4.78 is 0. The molecule has 1 atom stereocenters. The van der Waals surface area contributed by atoms with Gasteiger partial charge in [0.2, 0.25) is 5.91 Å². The molecular formula is C12H18N2O. The van der Waals surface area contributed by atoms with E-state index in [1.54, 1.807) is 6.92 Å². The maximum Gasteiger partial charge on any atom is 0.240 e. The van der Waals surface area contributed by atoms with Crippen molar-refractivity contribution in [2.75, 3.05) is 5.32 Å². The van der Waals surface area contributed by atoms with Crippen LogP contribution in [0.4, 0.5) is 5.69 Å². The minimum Gasteiger partial charge on any atom is -0.325 e. The molecule has 1 rings (SSSR count). The molecule has 3 N–H and O–H groups in total. The maximum absolute atomic E-state index is 11.3. The van der Waals surface area contributed by atoms with E-state index in [0.29, 0.717) is 0 Å². The molecule has 3 nitrogen and oxygen atoms in total. The van der Waals surface area contributed by atoms with Gasteiger partial charge in [-0.2, -0.15) is 0 Å². The zero-order valence-electron chi connectivity index (χ0n) is 9.29. The lowest BCUT2D eigenvalue weighted by Gasteiger charge is -2.08. The van der Waals surface area contributed by atoms with Crippen LogP contribution in [-0.2, 0) is 11.2 Å². The fourth-order valence-corrected chi connectivity index (χ4v) is 1.30. The van der Waals surface area contributed by atoms with Gasteiger partial charge in [-0.25, -0.2) is 0 Å². The summed E-state index contributed by atoms with van der Waals surface area (Å²) >= 11 is 0. The molecule has 0 radical (unpaired) electrons. The number of aryl methyl sites for hydroxylation is 1. The number of benzene rings is 1. The second kappa shape index (κ2) is 5.51. The van der Waals surface area contributed by atoms with Crippen LogP contribution >= 0.6 is 0 Å². The number of anilines is 1. The Bertz CT molecular complexity index is 317. The van der Waals surface area contributed by atoms with Crippen LogP contribution in [0.5, 0.6) is 0 Å². The molecule has 0 saturated heterocycles. The van der Waals surface area contributed by atoms with E-state index < -0.39 is 6.04 Å². The van der Waals surface area contributed by atoms with Crippen molar-refractivity contribution in [3.8, 4) is 0 Å². The number of hydrogen-bond acceptors (Lipinski definition) is 2. The van der Waals surface area contributed by atoms with Crippen LogP contribution in [0.1, 0.15) is 25.8 Å². The molecule has 1 amide bonds. The summed E-state index contributed by atoms with van der Waals surface area (Å²) in [6.07, 6.45) is 2.20. The van der Waals surface area contributed by atoms with E-state index in [2.05, 4.69) is 12.2 Å². The van der Waals surface area contributed by atoms with Gasteiger partial charge in [-0.3, -0.25) is 4.79 Å². The van der Waals surface area contributed by atoms with E-state index in [4.69, 9.17) is 5.73 Å². The molecule has 3 heteroatoms. The Balaban J connectivity index is 2.60. The van der Waals surface area contributed by atoms with Crippen LogP contribution in [-0.4, -0.2) is 11.9 Å². The number of carbonyl (C=O) groups excluding carboxylic acids is 1. The van der Waals surface area contributed by atoms with Crippen LogP contribution in [0.3, 0.4) is 0 Å². The first-order chi connectivity index (χ1) is 7.13. The molecule has 0 aliphatic rings. The molecule has 1 aromatic carbocycles. The van der Waals surface area contributed by atoms with Gasteiger partial charge in [0.25, 0.3) is 0 Å². The second-order valence-electron chi connectivity index (χ2n) is 3.72. The van der Waals surface area contributed by atoms with E-state index in [1.165, 1.54) is 5.56 Å². The molecule has 0 unspecified atom stereocenters. The number of nitrogens with one attached hydrogen (secondary N) is 1. The molecule has 0 aliphatic heterocycles. The van der Waals surface area contributed by atoms with Crippen molar-refractivity contribution in [1.29, 1.82) is 0 Å². The standard InChI is InChI=1S/C12H18N2O/c1-3-4-10-5-7-11(8-6-10)14-12(15)9(2)13/h5-9H,3-4,13H2,1-2H3,(H,14,15)/t9-/m1/s1. The highest BCUT2D eigenvalue weighted by molar-refractivity contribution is 5.94. The fourth-order valence-electron chi connectivity index (χ4n) is 1.30. The average molecular weight is 206 g/mol. The molecular weight excluding hydrogens is 188 g/mol. The van der Waals surface area contributed by atoms with Crippen molar-refractivity contribution in [2.24, 2.45) is 5.73 Å². The van der Waals surface area contributed by atoms with Crippen molar-refractivity contribution in [3.05, 3.63) is 29.8 Å². The summed E-state index contributed by atoms with van der Waals surface area (Å²) in [5, 5.41) is 2.75. The zero-order valence-corrected chi connectivity index (χ0v) is 9.29. The van der Waals surface area contributed by atoms with Gasteiger partial charge in [-0.1, -0.05) is 25.5 Å². The first kappa shape index (κ1) is 11.7. The highest BCUT2D eigenvalue weighted by Gasteiger charge is 2.06. The number of carbonyl (C=O) groups is 1. The van der Waals surface area contributed by atoms with Crippen LogP contribution in [0.15, 0.2) is 24.3 Å². The Hall–Kier alpha value is -1.35. The Morgan fingerprint density at radius 2 is 2.00 bits per heavy atom. The van der Waals surface area contributed by atoms with Gasteiger partial charge in [0.05, 0.1) is 6.04 Å². The number of hydrogen-bond donors (Lipinski definition) is 2. The summed E-state index contributed by atoms with van der Waals surface area (Å²) in [7, 11) is 0. The van der Waals surface area contributed by atoms with E-state index in [-0.39, 0.29) is 5.91 Å². The van der Waals surface area contributed by atoms with Crippen LogP contribution in [0.25, 0.3) is 0 Å². The van der Waals surface area contributed by atoms with Crippen LogP contribution < -0.4 is 11.1 Å². The molecule has 15 heavy (non-hydrogen) atoms. The monoisotopic (exact) mass is 206 g/mol. The topological polar surface area (TPSA) is 55.1 Å². The first-order valence-electron chi connectivity index (χ1n) is 5.29. The largest absolute Gasteiger partial charge is 0.325 e. The maximum atomic E-state index is 11.3. The fraction of sp³-hybridized carbons (Fsp3) is 0.417. The van der Waals surface area contributed by atoms with Gasteiger partial charge in [0.1, 0.15) is 0 Å². The molecule has 0 fully saturated rings. The molecule has 1 aromatic rings. The third kappa shape index (κ3) is 3.72. The summed E-state index contributed by atoms with van der Waals surface area (Å²) in [6, 6.07) is 7.40. The normalized spacial score (nSPS) is 12.2. The number of amides is 1. The summed E-state index contributed by atoms with van der Waals surface area (Å²) in [5.41, 5.74) is 7.54. The van der Waals surface area contributed by atoms with E-state index >= 15 is 0 Å². The minimum absolute atomic E-state index is 0.154. The Morgan fingerprint density at radius 3 is 2.47 bits per heavy atom. The number of nitrogens with two attached hydrogens (primary N) is 1. The van der Waals surface area contributed by atoms with Crippen LogP contribution in [0, 0.1) is 0 Å². The SMILES string of the molecule is CCCc1ccc(NC(=O)[C@@H](C)N)cc1. The van der Waals surface area contributed by atoms with E-state index in [0.717, 1.165) is 18.5 Å². The van der Waals surface area contributed by atoms with Crippen molar-refractivity contribution < 1.29 is 4.79 Å². The summed E-state index contributed by atoms with van der Waals surface area (Å²) in [6.45, 7) is 3.81. The lowest BCUT2D eigenvalue weighted by atomic mass is 10.1. The first-order valence-corrected chi connectivity index (χ1v) is 5.29. The molecule has 0 aromatic heterocycles. The molecule has 0 bridgehead atoms. The van der Waals surface area contributed by atoms with Crippen molar-refractivity contribution in [2.45, 2.75) is 32.7 Å². The average Bonchev–Trinajstić information content (AvgIpc) is 2.21.